The largest absolute Gasteiger partial charge is 0.493 e. The Bertz CT molecular complexity index is 365. The van der Waals surface area contributed by atoms with Gasteiger partial charge in [0.2, 0.25) is 0 Å². The first kappa shape index (κ1) is 14.1. The van der Waals surface area contributed by atoms with Gasteiger partial charge in [-0.15, -0.1) is 0 Å². The molecule has 1 aromatic carbocycles. The highest BCUT2D eigenvalue weighted by Gasteiger charge is 2.15. The molecule has 0 aromatic heterocycles. The minimum absolute atomic E-state index is 0.158. The van der Waals surface area contributed by atoms with Gasteiger partial charge in [-0.3, -0.25) is 0 Å². The normalized spacial score (nSPS) is 10.7. The third kappa shape index (κ3) is 3.51. The van der Waals surface area contributed by atoms with Crippen molar-refractivity contribution in [2.75, 3.05) is 7.11 Å². The predicted molar refractivity (Wildman–Crippen MR) is 70.9 cm³/mol. The lowest BCUT2D eigenvalue weighted by atomic mass is 10.2. The Morgan fingerprint density at radius 1 is 1.29 bits per heavy atom. The molecule has 0 amide bonds. The van der Waals surface area contributed by atoms with E-state index in [1.54, 1.807) is 7.11 Å². The topological polar surface area (TPSA) is 44.5 Å². The fourth-order valence-corrected chi connectivity index (χ4v) is 1.91. The predicted octanol–water partition coefficient (Wildman–Crippen LogP) is 3.37. The van der Waals surface area contributed by atoms with Crippen molar-refractivity contribution >= 4 is 11.6 Å². The average Bonchev–Trinajstić information content (AvgIpc) is 2.36. The van der Waals surface area contributed by atoms with Crippen LogP contribution in [0.25, 0.3) is 0 Å². The van der Waals surface area contributed by atoms with Gasteiger partial charge in [-0.2, -0.15) is 0 Å². The van der Waals surface area contributed by atoms with Crippen molar-refractivity contribution in [1.29, 1.82) is 0 Å². The van der Waals surface area contributed by atoms with Crippen LogP contribution in [0.4, 0.5) is 0 Å². The number of hydrogen-bond donors (Lipinski definition) is 1. The summed E-state index contributed by atoms with van der Waals surface area (Å²) in [6.45, 7) is 4.60. The monoisotopic (exact) mass is 257 g/mol. The van der Waals surface area contributed by atoms with Gasteiger partial charge in [0.1, 0.15) is 0 Å². The Morgan fingerprint density at radius 3 is 2.41 bits per heavy atom. The Kier molecular flexibility index (Phi) is 5.59. The van der Waals surface area contributed by atoms with E-state index in [0.717, 1.165) is 18.4 Å². The zero-order chi connectivity index (χ0) is 12.8. The van der Waals surface area contributed by atoms with E-state index in [1.807, 2.05) is 12.1 Å². The van der Waals surface area contributed by atoms with E-state index in [2.05, 4.69) is 13.8 Å². The van der Waals surface area contributed by atoms with E-state index in [4.69, 9.17) is 26.8 Å². The molecule has 0 aliphatic carbocycles. The highest BCUT2D eigenvalue weighted by Crippen LogP contribution is 2.37. The second-order valence-electron chi connectivity index (χ2n) is 3.87. The van der Waals surface area contributed by atoms with Gasteiger partial charge in [-0.05, 0) is 30.5 Å². The summed E-state index contributed by atoms with van der Waals surface area (Å²) >= 11 is 6.19. The summed E-state index contributed by atoms with van der Waals surface area (Å²) in [6.07, 6.45) is 2.04. The molecule has 2 N–H and O–H groups in total. The van der Waals surface area contributed by atoms with E-state index in [0.29, 0.717) is 23.1 Å². The maximum atomic E-state index is 6.19. The fraction of sp³-hybridized carbons (Fsp3) is 0.538. The molecule has 96 valence electrons. The van der Waals surface area contributed by atoms with E-state index in [9.17, 15) is 0 Å². The molecule has 0 saturated heterocycles. The lowest BCUT2D eigenvalue weighted by molar-refractivity contribution is 0.185. The molecular formula is C13H20ClNO2. The minimum Gasteiger partial charge on any atom is -0.493 e. The minimum atomic E-state index is 0.158. The van der Waals surface area contributed by atoms with Crippen LogP contribution < -0.4 is 15.2 Å². The van der Waals surface area contributed by atoms with Gasteiger partial charge in [0.25, 0.3) is 0 Å². The number of rotatable bonds is 6. The highest BCUT2D eigenvalue weighted by atomic mass is 35.5. The molecule has 0 saturated carbocycles. The van der Waals surface area contributed by atoms with Crippen molar-refractivity contribution in [2.45, 2.75) is 39.3 Å². The van der Waals surface area contributed by atoms with Crippen molar-refractivity contribution in [2.24, 2.45) is 5.73 Å². The fourth-order valence-electron chi connectivity index (χ4n) is 1.63. The van der Waals surface area contributed by atoms with Crippen LogP contribution in [0.5, 0.6) is 11.5 Å². The Morgan fingerprint density at radius 2 is 1.94 bits per heavy atom. The lowest BCUT2D eigenvalue weighted by Gasteiger charge is -2.19. The van der Waals surface area contributed by atoms with Gasteiger partial charge in [0, 0.05) is 6.54 Å². The standard InChI is InChI=1S/C13H20ClNO2/c1-4-10(5-2)17-13-11(14)6-9(8-15)7-12(13)16-3/h6-7,10H,4-5,8,15H2,1-3H3. The number of halogens is 1. The molecule has 0 aliphatic rings. The third-order valence-electron chi connectivity index (χ3n) is 2.72. The SMILES string of the molecule is CCC(CC)Oc1c(Cl)cc(CN)cc1OC. The molecule has 0 bridgehead atoms. The van der Waals surface area contributed by atoms with E-state index < -0.39 is 0 Å². The molecule has 0 heterocycles. The van der Waals surface area contributed by atoms with Gasteiger partial charge >= 0.3 is 0 Å². The zero-order valence-electron chi connectivity index (χ0n) is 10.6. The van der Waals surface area contributed by atoms with Crippen LogP contribution in [0.15, 0.2) is 12.1 Å². The molecular weight excluding hydrogens is 238 g/mol. The summed E-state index contributed by atoms with van der Waals surface area (Å²) in [6, 6.07) is 3.69. The first-order valence-electron chi connectivity index (χ1n) is 5.89. The molecule has 0 aliphatic heterocycles. The van der Waals surface area contributed by atoms with Crippen LogP contribution >= 0.6 is 11.6 Å². The molecule has 1 aromatic rings. The number of hydrogen-bond acceptors (Lipinski definition) is 3. The smallest absolute Gasteiger partial charge is 0.180 e. The van der Waals surface area contributed by atoms with E-state index in [-0.39, 0.29) is 6.10 Å². The van der Waals surface area contributed by atoms with Crippen molar-refractivity contribution in [1.82, 2.24) is 0 Å². The van der Waals surface area contributed by atoms with Gasteiger partial charge in [-0.1, -0.05) is 25.4 Å². The molecule has 4 heteroatoms. The maximum absolute atomic E-state index is 6.19. The van der Waals surface area contributed by atoms with Gasteiger partial charge in [0.05, 0.1) is 18.2 Å². The molecule has 0 unspecified atom stereocenters. The molecule has 1 rings (SSSR count). The van der Waals surface area contributed by atoms with Crippen LogP contribution in [0.2, 0.25) is 5.02 Å². The van der Waals surface area contributed by atoms with Gasteiger partial charge in [-0.25, -0.2) is 0 Å². The van der Waals surface area contributed by atoms with E-state index >= 15 is 0 Å². The molecule has 3 nitrogen and oxygen atoms in total. The van der Waals surface area contributed by atoms with Crippen molar-refractivity contribution in [3.05, 3.63) is 22.7 Å². The molecule has 0 radical (unpaired) electrons. The summed E-state index contributed by atoms with van der Waals surface area (Å²) in [5.74, 6) is 1.25. The average molecular weight is 258 g/mol. The van der Waals surface area contributed by atoms with Crippen LogP contribution in [0.1, 0.15) is 32.3 Å². The van der Waals surface area contributed by atoms with Crippen molar-refractivity contribution in [3.8, 4) is 11.5 Å². The first-order chi connectivity index (χ1) is 8.15. The lowest BCUT2D eigenvalue weighted by Crippen LogP contribution is -2.14. The summed E-state index contributed by atoms with van der Waals surface area (Å²) in [5, 5.41) is 0.552. The van der Waals surface area contributed by atoms with Crippen molar-refractivity contribution in [3.63, 3.8) is 0 Å². The summed E-state index contributed by atoms with van der Waals surface area (Å²) in [5.41, 5.74) is 6.52. The summed E-state index contributed by atoms with van der Waals surface area (Å²) in [7, 11) is 1.60. The Labute approximate surface area is 108 Å². The number of ether oxygens (including phenoxy) is 2. The van der Waals surface area contributed by atoms with E-state index in [1.165, 1.54) is 0 Å². The van der Waals surface area contributed by atoms with Crippen LogP contribution in [-0.4, -0.2) is 13.2 Å². The Balaban J connectivity index is 3.04. The first-order valence-corrected chi connectivity index (χ1v) is 6.27. The number of methoxy groups -OCH3 is 1. The summed E-state index contributed by atoms with van der Waals surface area (Å²) in [4.78, 5) is 0. The Hall–Kier alpha value is -0.930. The maximum Gasteiger partial charge on any atom is 0.180 e. The van der Waals surface area contributed by atoms with Crippen LogP contribution in [0, 0.1) is 0 Å². The number of nitrogens with two attached hydrogens (primary N) is 1. The van der Waals surface area contributed by atoms with Gasteiger partial charge < -0.3 is 15.2 Å². The quantitative estimate of drug-likeness (QED) is 0.850. The molecule has 17 heavy (non-hydrogen) atoms. The zero-order valence-corrected chi connectivity index (χ0v) is 11.4. The molecule has 0 atom stereocenters. The van der Waals surface area contributed by atoms with Gasteiger partial charge in [0.15, 0.2) is 11.5 Å². The van der Waals surface area contributed by atoms with Crippen LogP contribution in [0.3, 0.4) is 0 Å². The summed E-state index contributed by atoms with van der Waals surface area (Å²) < 4.78 is 11.2. The number of benzene rings is 1. The second kappa shape index (κ2) is 6.72. The van der Waals surface area contributed by atoms with Crippen LogP contribution in [-0.2, 0) is 6.54 Å². The molecule has 0 spiro atoms. The molecule has 0 fully saturated rings. The second-order valence-corrected chi connectivity index (χ2v) is 4.28. The highest BCUT2D eigenvalue weighted by molar-refractivity contribution is 6.32. The van der Waals surface area contributed by atoms with Crippen molar-refractivity contribution < 1.29 is 9.47 Å². The third-order valence-corrected chi connectivity index (χ3v) is 3.00.